The molecule has 0 saturated carbocycles. The first-order chi connectivity index (χ1) is 8.40. The van der Waals surface area contributed by atoms with Gasteiger partial charge in [-0.1, -0.05) is 29.3 Å². The molecular weight excluding hydrogens is 269 g/mol. The number of nitrogens with one attached hydrogen (secondary N) is 1. The van der Waals surface area contributed by atoms with Crippen molar-refractivity contribution < 1.29 is 0 Å². The first-order valence-corrected chi connectivity index (χ1v) is 6.66. The van der Waals surface area contributed by atoms with E-state index >= 15 is 0 Å². The van der Waals surface area contributed by atoms with Crippen molar-refractivity contribution in [1.29, 1.82) is 5.41 Å². The van der Waals surface area contributed by atoms with E-state index in [1.54, 1.807) is 6.07 Å². The number of amidine groups is 1. The number of rotatable bonds is 6. The molecule has 0 spiro atoms. The minimum absolute atomic E-state index is 0.211. The third-order valence-electron chi connectivity index (χ3n) is 2.79. The van der Waals surface area contributed by atoms with Crippen LogP contribution >= 0.6 is 23.2 Å². The maximum absolute atomic E-state index is 7.29. The summed E-state index contributed by atoms with van der Waals surface area (Å²) in [5.74, 6) is 0.211. The molecule has 5 heteroatoms. The van der Waals surface area contributed by atoms with Gasteiger partial charge in [0.2, 0.25) is 0 Å². The molecule has 0 aliphatic carbocycles. The lowest BCUT2D eigenvalue weighted by Gasteiger charge is -2.26. The monoisotopic (exact) mass is 287 g/mol. The van der Waals surface area contributed by atoms with E-state index in [2.05, 4.69) is 18.7 Å². The van der Waals surface area contributed by atoms with Crippen molar-refractivity contribution in [3.8, 4) is 0 Å². The van der Waals surface area contributed by atoms with E-state index in [4.69, 9.17) is 34.3 Å². The zero-order chi connectivity index (χ0) is 13.7. The summed E-state index contributed by atoms with van der Waals surface area (Å²) in [6.45, 7) is 5.72. The number of nitrogens with zero attached hydrogens (tertiary/aromatic N) is 1. The summed E-state index contributed by atoms with van der Waals surface area (Å²) in [5.41, 5.74) is 6.44. The summed E-state index contributed by atoms with van der Waals surface area (Å²) < 4.78 is 0. The predicted octanol–water partition coefficient (Wildman–Crippen LogP) is 3.53. The van der Waals surface area contributed by atoms with Gasteiger partial charge in [0.1, 0.15) is 0 Å². The Kier molecular flexibility index (Phi) is 5.93. The fourth-order valence-electron chi connectivity index (χ4n) is 1.65. The fraction of sp³-hybridized carbons (Fsp3) is 0.462. The molecule has 18 heavy (non-hydrogen) atoms. The lowest BCUT2D eigenvalue weighted by atomic mass is 10.1. The van der Waals surface area contributed by atoms with Crippen LogP contribution in [0.5, 0.6) is 0 Å². The molecule has 0 radical (unpaired) electrons. The van der Waals surface area contributed by atoms with Gasteiger partial charge in [-0.05, 0) is 31.5 Å². The van der Waals surface area contributed by atoms with E-state index < -0.39 is 0 Å². The first kappa shape index (κ1) is 15.3. The standard InChI is InChI=1S/C13H19Cl2N3/c1-9(2)18(6-5-13(16)17)8-10-3-4-11(14)7-12(10)15/h3-4,7,9H,5-6,8H2,1-2H3,(H3,16,17). The molecule has 100 valence electrons. The SMILES string of the molecule is CC(C)N(CCC(=N)N)Cc1ccc(Cl)cc1Cl. The molecule has 3 N–H and O–H groups in total. The number of hydrogen-bond acceptors (Lipinski definition) is 2. The normalized spacial score (nSPS) is 11.2. The van der Waals surface area contributed by atoms with Crippen molar-refractivity contribution in [3.63, 3.8) is 0 Å². The molecule has 0 unspecified atom stereocenters. The highest BCUT2D eigenvalue weighted by molar-refractivity contribution is 6.35. The molecule has 0 saturated heterocycles. The van der Waals surface area contributed by atoms with Crippen molar-refractivity contribution in [1.82, 2.24) is 4.90 Å². The lowest BCUT2D eigenvalue weighted by molar-refractivity contribution is 0.219. The van der Waals surface area contributed by atoms with Crippen LogP contribution in [0.15, 0.2) is 18.2 Å². The van der Waals surface area contributed by atoms with Gasteiger partial charge >= 0.3 is 0 Å². The summed E-state index contributed by atoms with van der Waals surface area (Å²) in [4.78, 5) is 2.23. The van der Waals surface area contributed by atoms with Crippen molar-refractivity contribution in [3.05, 3.63) is 33.8 Å². The smallest absolute Gasteiger partial charge is 0.0918 e. The number of halogens is 2. The Morgan fingerprint density at radius 1 is 1.39 bits per heavy atom. The Balaban J connectivity index is 2.73. The van der Waals surface area contributed by atoms with Crippen molar-refractivity contribution in [2.45, 2.75) is 32.9 Å². The zero-order valence-electron chi connectivity index (χ0n) is 10.7. The number of nitrogens with two attached hydrogens (primary N) is 1. The van der Waals surface area contributed by atoms with Gasteiger partial charge in [-0.2, -0.15) is 0 Å². The maximum Gasteiger partial charge on any atom is 0.0918 e. The predicted molar refractivity (Wildman–Crippen MR) is 78.5 cm³/mol. The van der Waals surface area contributed by atoms with Crippen molar-refractivity contribution in [2.75, 3.05) is 6.54 Å². The van der Waals surface area contributed by atoms with Crippen LogP contribution in [0, 0.1) is 5.41 Å². The molecule has 1 aromatic rings. The Bertz CT molecular complexity index is 419. The van der Waals surface area contributed by atoms with Crippen LogP contribution in [0.2, 0.25) is 10.0 Å². The Hall–Kier alpha value is -0.770. The Morgan fingerprint density at radius 3 is 2.56 bits per heavy atom. The first-order valence-electron chi connectivity index (χ1n) is 5.91. The molecule has 0 aliphatic rings. The van der Waals surface area contributed by atoms with Gasteiger partial charge in [0, 0.05) is 35.6 Å². The van der Waals surface area contributed by atoms with E-state index in [1.165, 1.54) is 0 Å². The average molecular weight is 288 g/mol. The average Bonchev–Trinajstić information content (AvgIpc) is 2.26. The summed E-state index contributed by atoms with van der Waals surface area (Å²) in [6.07, 6.45) is 0.573. The summed E-state index contributed by atoms with van der Waals surface area (Å²) in [7, 11) is 0. The van der Waals surface area contributed by atoms with E-state index in [0.717, 1.165) is 18.7 Å². The highest BCUT2D eigenvalue weighted by Crippen LogP contribution is 2.23. The van der Waals surface area contributed by atoms with Crippen molar-refractivity contribution >= 4 is 29.0 Å². The molecule has 1 aromatic carbocycles. The van der Waals surface area contributed by atoms with Gasteiger partial charge in [-0.25, -0.2) is 0 Å². The van der Waals surface area contributed by atoms with Gasteiger partial charge in [-0.15, -0.1) is 0 Å². The highest BCUT2D eigenvalue weighted by atomic mass is 35.5. The molecule has 0 amide bonds. The van der Waals surface area contributed by atoms with Crippen LogP contribution in [0.1, 0.15) is 25.8 Å². The van der Waals surface area contributed by atoms with Gasteiger partial charge < -0.3 is 5.73 Å². The molecule has 0 atom stereocenters. The van der Waals surface area contributed by atoms with Crippen molar-refractivity contribution in [2.24, 2.45) is 5.73 Å². The second kappa shape index (κ2) is 6.98. The highest BCUT2D eigenvalue weighted by Gasteiger charge is 2.12. The molecule has 0 bridgehead atoms. The van der Waals surface area contributed by atoms with Gasteiger partial charge in [-0.3, -0.25) is 10.3 Å². The minimum atomic E-state index is 0.211. The second-order valence-corrected chi connectivity index (χ2v) is 5.42. The van der Waals surface area contributed by atoms with E-state index in [-0.39, 0.29) is 5.84 Å². The minimum Gasteiger partial charge on any atom is -0.388 e. The lowest BCUT2D eigenvalue weighted by Crippen LogP contribution is -2.33. The second-order valence-electron chi connectivity index (χ2n) is 4.58. The van der Waals surface area contributed by atoms with E-state index in [9.17, 15) is 0 Å². The van der Waals surface area contributed by atoms with Crippen LogP contribution in [-0.4, -0.2) is 23.3 Å². The van der Waals surface area contributed by atoms with E-state index in [1.807, 2.05) is 12.1 Å². The zero-order valence-corrected chi connectivity index (χ0v) is 12.2. The molecule has 0 heterocycles. The van der Waals surface area contributed by atoms with Crippen LogP contribution in [0.25, 0.3) is 0 Å². The quantitative estimate of drug-likeness (QED) is 0.621. The maximum atomic E-state index is 7.29. The van der Waals surface area contributed by atoms with E-state index in [0.29, 0.717) is 22.5 Å². The topological polar surface area (TPSA) is 53.1 Å². The van der Waals surface area contributed by atoms with Gasteiger partial charge in [0.15, 0.2) is 0 Å². The molecular formula is C13H19Cl2N3. The Morgan fingerprint density at radius 2 is 2.06 bits per heavy atom. The fourth-order valence-corrected chi connectivity index (χ4v) is 2.12. The third-order valence-corrected chi connectivity index (χ3v) is 3.37. The third kappa shape index (κ3) is 4.84. The Labute approximate surface area is 118 Å². The molecule has 0 fully saturated rings. The summed E-state index contributed by atoms with van der Waals surface area (Å²) >= 11 is 12.0. The van der Waals surface area contributed by atoms with Gasteiger partial charge in [0.05, 0.1) is 5.84 Å². The summed E-state index contributed by atoms with van der Waals surface area (Å²) in [5, 5.41) is 8.61. The van der Waals surface area contributed by atoms with Gasteiger partial charge in [0.25, 0.3) is 0 Å². The number of hydrogen-bond donors (Lipinski definition) is 2. The molecule has 0 aliphatic heterocycles. The largest absolute Gasteiger partial charge is 0.388 e. The van der Waals surface area contributed by atoms with Crippen LogP contribution in [0.4, 0.5) is 0 Å². The summed E-state index contributed by atoms with van der Waals surface area (Å²) in [6, 6.07) is 5.90. The molecule has 1 rings (SSSR count). The molecule has 0 aromatic heterocycles. The van der Waals surface area contributed by atoms with Crippen LogP contribution in [-0.2, 0) is 6.54 Å². The molecule has 3 nitrogen and oxygen atoms in total. The van der Waals surface area contributed by atoms with Crippen LogP contribution in [0.3, 0.4) is 0 Å². The number of benzene rings is 1. The van der Waals surface area contributed by atoms with Crippen LogP contribution < -0.4 is 5.73 Å².